The van der Waals surface area contributed by atoms with Crippen molar-refractivity contribution in [3.05, 3.63) is 29.2 Å². The first-order chi connectivity index (χ1) is 10.7. The van der Waals surface area contributed by atoms with Crippen LogP contribution in [-0.2, 0) is 0 Å². The molecule has 4 rings (SSSR count). The minimum absolute atomic E-state index is 0.564. The highest BCUT2D eigenvalue weighted by molar-refractivity contribution is 7.15. The molecule has 4 heterocycles. The van der Waals surface area contributed by atoms with E-state index in [0.29, 0.717) is 6.04 Å². The second-order valence-electron chi connectivity index (χ2n) is 6.26. The Morgan fingerprint density at radius 1 is 1.18 bits per heavy atom. The van der Waals surface area contributed by atoms with E-state index < -0.39 is 0 Å². The first-order valence-corrected chi connectivity index (χ1v) is 8.76. The van der Waals surface area contributed by atoms with Gasteiger partial charge in [-0.05, 0) is 38.7 Å². The van der Waals surface area contributed by atoms with Crippen LogP contribution in [0.1, 0.15) is 23.5 Å². The quantitative estimate of drug-likeness (QED) is 0.852. The number of fused-ring (bicyclic) bond motifs is 1. The molecule has 0 radical (unpaired) electrons. The molecule has 2 aliphatic rings. The summed E-state index contributed by atoms with van der Waals surface area (Å²) in [6, 6.07) is 2.59. The molecule has 5 nitrogen and oxygen atoms in total. The molecule has 2 unspecified atom stereocenters. The Morgan fingerprint density at radius 3 is 2.82 bits per heavy atom. The molecule has 0 amide bonds. The lowest BCUT2D eigenvalue weighted by molar-refractivity contribution is 0.389. The first-order valence-electron chi connectivity index (χ1n) is 7.94. The van der Waals surface area contributed by atoms with Crippen molar-refractivity contribution in [3.8, 4) is 0 Å². The third-order valence-electron chi connectivity index (χ3n) is 4.80. The zero-order valence-electron chi connectivity index (χ0n) is 13.1. The van der Waals surface area contributed by atoms with Crippen LogP contribution in [0.15, 0.2) is 18.5 Å². The van der Waals surface area contributed by atoms with Gasteiger partial charge in [0.15, 0.2) is 5.13 Å². The van der Waals surface area contributed by atoms with Gasteiger partial charge in [-0.3, -0.25) is 0 Å². The van der Waals surface area contributed by atoms with Crippen molar-refractivity contribution in [3.63, 3.8) is 0 Å². The van der Waals surface area contributed by atoms with Gasteiger partial charge >= 0.3 is 0 Å². The number of nitrogens with zero attached hydrogens (tertiary/aromatic N) is 5. The summed E-state index contributed by atoms with van der Waals surface area (Å²) >= 11 is 1.81. The Bertz CT molecular complexity index is 670. The number of anilines is 2. The molecule has 2 fully saturated rings. The van der Waals surface area contributed by atoms with Crippen LogP contribution >= 0.6 is 11.3 Å². The van der Waals surface area contributed by atoms with Crippen molar-refractivity contribution in [1.82, 2.24) is 15.0 Å². The van der Waals surface area contributed by atoms with Crippen molar-refractivity contribution < 1.29 is 0 Å². The van der Waals surface area contributed by atoms with Gasteiger partial charge in [0.25, 0.3) is 0 Å². The van der Waals surface area contributed by atoms with Crippen molar-refractivity contribution in [2.24, 2.45) is 5.92 Å². The summed E-state index contributed by atoms with van der Waals surface area (Å²) < 4.78 is 0. The lowest BCUT2D eigenvalue weighted by Gasteiger charge is -2.39. The molecule has 0 aliphatic carbocycles. The van der Waals surface area contributed by atoms with E-state index in [1.807, 2.05) is 36.7 Å². The second-order valence-corrected chi connectivity index (χ2v) is 7.47. The Kier molecular flexibility index (Phi) is 3.48. The maximum Gasteiger partial charge on any atom is 0.185 e. The number of thiazole rings is 1. The number of piperidine rings is 1. The first kappa shape index (κ1) is 13.9. The molecule has 2 aromatic heterocycles. The third-order valence-corrected chi connectivity index (χ3v) is 5.75. The van der Waals surface area contributed by atoms with Gasteiger partial charge in [0, 0.05) is 36.9 Å². The molecule has 116 valence electrons. The van der Waals surface area contributed by atoms with Gasteiger partial charge in [0.2, 0.25) is 0 Å². The van der Waals surface area contributed by atoms with E-state index in [2.05, 4.69) is 31.7 Å². The minimum Gasteiger partial charge on any atom is -0.354 e. The highest BCUT2D eigenvalue weighted by Gasteiger charge is 2.39. The second kappa shape index (κ2) is 5.50. The van der Waals surface area contributed by atoms with Crippen LogP contribution in [0.25, 0.3) is 0 Å². The fraction of sp³-hybridized carbons (Fsp3) is 0.562. The maximum atomic E-state index is 4.60. The average molecular weight is 315 g/mol. The zero-order valence-corrected chi connectivity index (χ0v) is 13.9. The normalized spacial score (nSPS) is 24.6. The van der Waals surface area contributed by atoms with Gasteiger partial charge in [-0.15, -0.1) is 11.3 Å². The molecule has 2 saturated heterocycles. The molecule has 2 aromatic rings. The molecular formula is C16H21N5S. The number of hydrogen-bond acceptors (Lipinski definition) is 6. The average Bonchev–Trinajstić information content (AvgIpc) is 3.12. The molecule has 0 bridgehead atoms. The Morgan fingerprint density at radius 2 is 2.05 bits per heavy atom. The van der Waals surface area contributed by atoms with E-state index in [9.17, 15) is 0 Å². The van der Waals surface area contributed by atoms with Crippen molar-refractivity contribution in [2.45, 2.75) is 32.7 Å². The molecule has 6 heteroatoms. The molecule has 2 atom stereocenters. The predicted molar refractivity (Wildman–Crippen MR) is 89.7 cm³/mol. The SMILES string of the molecule is Cc1nccc(N2CCC3CCN(c4ncc(C)s4)C3C2)n1. The van der Waals surface area contributed by atoms with Gasteiger partial charge in [-0.2, -0.15) is 0 Å². The molecule has 0 aromatic carbocycles. The van der Waals surface area contributed by atoms with Crippen LogP contribution in [0.2, 0.25) is 0 Å². The maximum absolute atomic E-state index is 4.60. The number of aryl methyl sites for hydroxylation is 2. The van der Waals surface area contributed by atoms with Gasteiger partial charge in [-0.25, -0.2) is 15.0 Å². The summed E-state index contributed by atoms with van der Waals surface area (Å²) in [5, 5.41) is 1.19. The van der Waals surface area contributed by atoms with Crippen molar-refractivity contribution >= 4 is 22.3 Å². The number of aromatic nitrogens is 3. The smallest absolute Gasteiger partial charge is 0.185 e. The van der Waals surface area contributed by atoms with Crippen molar-refractivity contribution in [2.75, 3.05) is 29.4 Å². The monoisotopic (exact) mass is 315 g/mol. The lowest BCUT2D eigenvalue weighted by Crippen LogP contribution is -2.48. The van der Waals surface area contributed by atoms with Gasteiger partial charge in [0.1, 0.15) is 11.6 Å². The van der Waals surface area contributed by atoms with E-state index in [4.69, 9.17) is 0 Å². The van der Waals surface area contributed by atoms with E-state index in [0.717, 1.165) is 37.2 Å². The molecule has 0 saturated carbocycles. The third kappa shape index (κ3) is 2.45. The van der Waals surface area contributed by atoms with Gasteiger partial charge in [-0.1, -0.05) is 0 Å². The Hall–Kier alpha value is -1.69. The summed E-state index contributed by atoms with van der Waals surface area (Å²) in [7, 11) is 0. The standard InChI is InChI=1S/C16H21N5S/c1-11-9-18-16(22-11)21-8-5-13-4-7-20(10-14(13)21)15-3-6-17-12(2)19-15/h3,6,9,13-14H,4-5,7-8,10H2,1-2H3. The number of hydrogen-bond donors (Lipinski definition) is 0. The van der Waals surface area contributed by atoms with E-state index in [-0.39, 0.29) is 0 Å². The number of rotatable bonds is 2. The van der Waals surface area contributed by atoms with Crippen LogP contribution in [0.5, 0.6) is 0 Å². The minimum atomic E-state index is 0.564. The van der Waals surface area contributed by atoms with Crippen LogP contribution in [0.3, 0.4) is 0 Å². The zero-order chi connectivity index (χ0) is 15.1. The molecule has 22 heavy (non-hydrogen) atoms. The summed E-state index contributed by atoms with van der Waals surface area (Å²) in [4.78, 5) is 19.6. The summed E-state index contributed by atoms with van der Waals surface area (Å²) in [6.45, 7) is 7.36. The highest BCUT2D eigenvalue weighted by Crippen LogP contribution is 2.37. The molecule has 2 aliphatic heterocycles. The fourth-order valence-electron chi connectivity index (χ4n) is 3.68. The van der Waals surface area contributed by atoms with Crippen molar-refractivity contribution in [1.29, 1.82) is 0 Å². The van der Waals surface area contributed by atoms with E-state index in [1.54, 1.807) is 0 Å². The largest absolute Gasteiger partial charge is 0.354 e. The Balaban J connectivity index is 1.56. The van der Waals surface area contributed by atoms with Crippen LogP contribution in [0.4, 0.5) is 10.9 Å². The van der Waals surface area contributed by atoms with Gasteiger partial charge < -0.3 is 9.80 Å². The predicted octanol–water partition coefficient (Wildman–Crippen LogP) is 2.66. The van der Waals surface area contributed by atoms with Gasteiger partial charge in [0.05, 0.1) is 6.04 Å². The molecule has 0 N–H and O–H groups in total. The molecule has 0 spiro atoms. The van der Waals surface area contributed by atoms with Crippen LogP contribution in [-0.4, -0.2) is 40.6 Å². The summed E-state index contributed by atoms with van der Waals surface area (Å²) in [5.74, 6) is 2.70. The van der Waals surface area contributed by atoms with Crippen LogP contribution in [0, 0.1) is 19.8 Å². The topological polar surface area (TPSA) is 45.2 Å². The summed E-state index contributed by atoms with van der Waals surface area (Å²) in [5.41, 5.74) is 0. The highest BCUT2D eigenvalue weighted by atomic mass is 32.1. The van der Waals surface area contributed by atoms with Crippen LogP contribution < -0.4 is 9.80 Å². The van der Waals surface area contributed by atoms with E-state index in [1.165, 1.54) is 22.9 Å². The Labute approximate surface area is 135 Å². The fourth-order valence-corrected chi connectivity index (χ4v) is 4.52. The summed E-state index contributed by atoms with van der Waals surface area (Å²) in [6.07, 6.45) is 6.39. The van der Waals surface area contributed by atoms with E-state index >= 15 is 0 Å². The lowest BCUT2D eigenvalue weighted by atomic mass is 9.92. The molecular weight excluding hydrogens is 294 g/mol.